The largest absolute Gasteiger partial charge is 0.340 e. The average molecular weight is 447 g/mol. The van der Waals surface area contributed by atoms with Gasteiger partial charge in [-0.3, -0.25) is 4.55 Å². The summed E-state index contributed by atoms with van der Waals surface area (Å²) >= 11 is 3.48. The molecule has 27 heavy (non-hydrogen) atoms. The lowest BCUT2D eigenvalue weighted by Crippen LogP contribution is -2.07. The van der Waals surface area contributed by atoms with E-state index in [0.717, 1.165) is 16.6 Å². The number of hydrogen-bond acceptors (Lipinski definition) is 5. The number of halogens is 1. The van der Waals surface area contributed by atoms with Crippen LogP contribution in [0.4, 0.5) is 11.5 Å². The van der Waals surface area contributed by atoms with Crippen LogP contribution in [-0.2, 0) is 10.1 Å². The Labute approximate surface area is 164 Å². The summed E-state index contributed by atoms with van der Waals surface area (Å²) < 4.78 is 34.0. The van der Waals surface area contributed by atoms with E-state index in [1.165, 1.54) is 12.1 Å². The molecule has 2 heterocycles. The van der Waals surface area contributed by atoms with Crippen molar-refractivity contribution < 1.29 is 13.0 Å². The van der Waals surface area contributed by atoms with E-state index in [0.29, 0.717) is 17.2 Å². The van der Waals surface area contributed by atoms with Crippen LogP contribution in [0.2, 0.25) is 0 Å². The highest BCUT2D eigenvalue weighted by Gasteiger charge is 2.16. The van der Waals surface area contributed by atoms with Crippen LogP contribution in [0.3, 0.4) is 0 Å². The SMILES string of the molecule is O=S(=O)(O)c1ccc(Nc2cc(C3C=CC=CC3)nc3c(Br)cnn23)cc1. The Morgan fingerprint density at radius 3 is 2.67 bits per heavy atom. The van der Waals surface area contributed by atoms with E-state index in [1.807, 2.05) is 18.2 Å². The van der Waals surface area contributed by atoms with E-state index in [2.05, 4.69) is 38.5 Å². The van der Waals surface area contributed by atoms with Gasteiger partial charge in [-0.2, -0.15) is 18.0 Å². The summed E-state index contributed by atoms with van der Waals surface area (Å²) in [5, 5.41) is 7.57. The average Bonchev–Trinajstić information content (AvgIpc) is 3.03. The van der Waals surface area contributed by atoms with Crippen molar-refractivity contribution in [3.8, 4) is 0 Å². The van der Waals surface area contributed by atoms with Gasteiger partial charge in [-0.25, -0.2) is 4.98 Å². The Hall–Kier alpha value is -2.49. The van der Waals surface area contributed by atoms with Crippen molar-refractivity contribution in [2.24, 2.45) is 0 Å². The fourth-order valence-corrected chi connectivity index (χ4v) is 3.72. The molecule has 2 aromatic heterocycles. The van der Waals surface area contributed by atoms with E-state index in [9.17, 15) is 8.42 Å². The van der Waals surface area contributed by atoms with Gasteiger partial charge in [-0.05, 0) is 46.6 Å². The molecule has 0 saturated heterocycles. The van der Waals surface area contributed by atoms with Gasteiger partial charge in [0.2, 0.25) is 0 Å². The Kier molecular flexibility index (Phi) is 4.58. The fraction of sp³-hybridized carbons (Fsp3) is 0.111. The van der Waals surface area contributed by atoms with Crippen molar-refractivity contribution in [1.29, 1.82) is 0 Å². The molecule has 0 spiro atoms. The van der Waals surface area contributed by atoms with Gasteiger partial charge in [0, 0.05) is 17.7 Å². The minimum Gasteiger partial charge on any atom is -0.340 e. The molecule has 1 aromatic carbocycles. The van der Waals surface area contributed by atoms with Crippen LogP contribution in [0.5, 0.6) is 0 Å². The van der Waals surface area contributed by atoms with Crippen LogP contribution in [0.25, 0.3) is 5.65 Å². The Bertz CT molecular complexity index is 1170. The van der Waals surface area contributed by atoms with Crippen LogP contribution in [-0.4, -0.2) is 27.6 Å². The first-order chi connectivity index (χ1) is 12.9. The number of hydrogen-bond donors (Lipinski definition) is 2. The molecule has 1 aliphatic carbocycles. The molecule has 4 rings (SSSR count). The zero-order chi connectivity index (χ0) is 19.0. The van der Waals surface area contributed by atoms with Gasteiger partial charge in [0.25, 0.3) is 10.1 Å². The molecule has 1 unspecified atom stereocenters. The highest BCUT2D eigenvalue weighted by molar-refractivity contribution is 9.10. The molecule has 1 aliphatic rings. The Morgan fingerprint density at radius 1 is 1.22 bits per heavy atom. The van der Waals surface area contributed by atoms with E-state index in [4.69, 9.17) is 9.54 Å². The number of rotatable bonds is 4. The second-order valence-corrected chi connectivity index (χ2v) is 8.35. The van der Waals surface area contributed by atoms with Crippen molar-refractivity contribution in [3.63, 3.8) is 0 Å². The van der Waals surface area contributed by atoms with Crippen LogP contribution in [0.15, 0.2) is 70.2 Å². The molecular formula is C18H15BrN4O3S. The molecule has 0 saturated carbocycles. The lowest BCUT2D eigenvalue weighted by molar-refractivity contribution is 0.483. The van der Waals surface area contributed by atoms with Gasteiger partial charge >= 0.3 is 0 Å². The van der Waals surface area contributed by atoms with Gasteiger partial charge in [0.1, 0.15) is 5.82 Å². The molecule has 1 atom stereocenters. The lowest BCUT2D eigenvalue weighted by atomic mass is 9.97. The van der Waals surface area contributed by atoms with E-state index in [-0.39, 0.29) is 10.8 Å². The first kappa shape index (κ1) is 17.9. The van der Waals surface area contributed by atoms with E-state index >= 15 is 0 Å². The van der Waals surface area contributed by atoms with Gasteiger partial charge in [-0.1, -0.05) is 24.3 Å². The predicted molar refractivity (Wildman–Crippen MR) is 106 cm³/mol. The molecule has 9 heteroatoms. The zero-order valence-corrected chi connectivity index (χ0v) is 16.4. The van der Waals surface area contributed by atoms with Crippen LogP contribution < -0.4 is 5.32 Å². The maximum absolute atomic E-state index is 11.2. The smallest absolute Gasteiger partial charge is 0.294 e. The van der Waals surface area contributed by atoms with E-state index in [1.54, 1.807) is 22.8 Å². The number of benzene rings is 1. The molecule has 3 aromatic rings. The predicted octanol–water partition coefficient (Wildman–Crippen LogP) is 4.08. The summed E-state index contributed by atoms with van der Waals surface area (Å²) in [7, 11) is -4.22. The van der Waals surface area contributed by atoms with E-state index < -0.39 is 10.1 Å². The minimum absolute atomic E-state index is 0.158. The summed E-state index contributed by atoms with van der Waals surface area (Å²) in [6.07, 6.45) is 10.8. The van der Waals surface area contributed by atoms with Gasteiger partial charge in [0.05, 0.1) is 21.3 Å². The number of nitrogens with zero attached hydrogens (tertiary/aromatic N) is 3. The molecular weight excluding hydrogens is 432 g/mol. The summed E-state index contributed by atoms with van der Waals surface area (Å²) in [6.45, 7) is 0. The quantitative estimate of drug-likeness (QED) is 0.585. The number of fused-ring (bicyclic) bond motifs is 1. The first-order valence-electron chi connectivity index (χ1n) is 8.14. The standard InChI is InChI=1S/C18H15BrN4O3S/c19-15-11-20-23-17(21-13-6-8-14(9-7-13)27(24,25)26)10-16(22-18(15)23)12-4-2-1-3-5-12/h1-4,6-12,21H,5H2,(H,24,25,26). The Morgan fingerprint density at radius 2 is 2.00 bits per heavy atom. The number of allylic oxidation sites excluding steroid dienone is 4. The molecule has 2 N–H and O–H groups in total. The topological polar surface area (TPSA) is 96.6 Å². The summed E-state index contributed by atoms with van der Waals surface area (Å²) in [6, 6.07) is 7.76. The van der Waals surface area contributed by atoms with Crippen molar-refractivity contribution in [3.05, 3.63) is 71.0 Å². The van der Waals surface area contributed by atoms with Crippen molar-refractivity contribution in [2.45, 2.75) is 17.2 Å². The van der Waals surface area contributed by atoms with Gasteiger partial charge < -0.3 is 5.32 Å². The second kappa shape index (κ2) is 6.91. The number of anilines is 2. The maximum atomic E-state index is 11.2. The highest BCUT2D eigenvalue weighted by Crippen LogP contribution is 2.29. The summed E-state index contributed by atoms with van der Waals surface area (Å²) in [5.41, 5.74) is 2.25. The maximum Gasteiger partial charge on any atom is 0.294 e. The monoisotopic (exact) mass is 446 g/mol. The highest BCUT2D eigenvalue weighted by atomic mass is 79.9. The van der Waals surface area contributed by atoms with Crippen molar-refractivity contribution in [1.82, 2.24) is 14.6 Å². The summed E-state index contributed by atoms with van der Waals surface area (Å²) in [5.74, 6) is 0.868. The van der Waals surface area contributed by atoms with Crippen LogP contribution in [0, 0.1) is 0 Å². The van der Waals surface area contributed by atoms with Crippen LogP contribution in [0.1, 0.15) is 18.0 Å². The van der Waals surface area contributed by atoms with Gasteiger partial charge in [0.15, 0.2) is 5.65 Å². The number of aromatic nitrogens is 3. The fourth-order valence-electron chi connectivity index (χ4n) is 2.89. The zero-order valence-electron chi connectivity index (χ0n) is 13.9. The Balaban J connectivity index is 1.74. The molecule has 0 amide bonds. The van der Waals surface area contributed by atoms with Crippen molar-refractivity contribution >= 4 is 43.2 Å². The third-order valence-electron chi connectivity index (χ3n) is 4.23. The molecule has 0 aliphatic heterocycles. The third-order valence-corrected chi connectivity index (χ3v) is 5.66. The summed E-state index contributed by atoms with van der Waals surface area (Å²) in [4.78, 5) is 4.57. The minimum atomic E-state index is -4.22. The molecule has 0 bridgehead atoms. The van der Waals surface area contributed by atoms with Crippen LogP contribution >= 0.6 is 15.9 Å². The molecule has 0 radical (unpaired) electrons. The molecule has 7 nitrogen and oxygen atoms in total. The first-order valence-corrected chi connectivity index (χ1v) is 10.4. The molecule has 0 fully saturated rings. The number of nitrogens with one attached hydrogen (secondary N) is 1. The molecule has 138 valence electrons. The third kappa shape index (κ3) is 3.66. The lowest BCUT2D eigenvalue weighted by Gasteiger charge is -2.16. The van der Waals surface area contributed by atoms with Gasteiger partial charge in [-0.15, -0.1) is 0 Å². The second-order valence-electron chi connectivity index (χ2n) is 6.07. The normalized spacial score (nSPS) is 16.7. The van der Waals surface area contributed by atoms with Crippen molar-refractivity contribution in [2.75, 3.05) is 5.32 Å².